The van der Waals surface area contributed by atoms with Gasteiger partial charge in [-0.1, -0.05) is 48.5 Å². The third-order valence-corrected chi connectivity index (χ3v) is 13.0. The Bertz CT molecular complexity index is 2810. The van der Waals surface area contributed by atoms with Crippen molar-refractivity contribution >= 4 is 81.6 Å². The summed E-state index contributed by atoms with van der Waals surface area (Å²) < 4.78 is 4.65. The molecule has 0 N–H and O–H groups in total. The number of hydrogen-bond donors (Lipinski definition) is 0. The Balaban J connectivity index is 1.29. The Kier molecular flexibility index (Phi) is 6.16. The highest BCUT2D eigenvalue weighted by atomic mass is 15.7. The number of fused-ring (bicyclic) bond motifs is 11. The first-order valence-corrected chi connectivity index (χ1v) is 19.1. The van der Waals surface area contributed by atoms with Crippen molar-refractivity contribution in [1.82, 2.24) is 24.2 Å². The number of benzene rings is 5. The monoisotopic (exact) mass is 704 g/mol. The van der Waals surface area contributed by atoms with E-state index in [-0.39, 0.29) is 14.0 Å². The van der Waals surface area contributed by atoms with Crippen LogP contribution >= 0.6 is 0 Å². The molecule has 0 fully saturated rings. The summed E-state index contributed by atoms with van der Waals surface area (Å²) in [7, 11) is 0. The first kappa shape index (κ1) is 31.8. The van der Waals surface area contributed by atoms with E-state index in [9.17, 15) is 0 Å². The third-order valence-electron chi connectivity index (χ3n) is 13.0. The van der Waals surface area contributed by atoms with Crippen molar-refractivity contribution in [1.29, 1.82) is 0 Å². The van der Waals surface area contributed by atoms with E-state index in [1.54, 1.807) is 0 Å². The number of anilines is 8. The van der Waals surface area contributed by atoms with Crippen LogP contribution in [0, 0.1) is 69.2 Å². The SMILES string of the molecule is Cc1cc2c3c(c1C)N1c4c(C)c(C)cc5c4B(N1B3n1nc(C)c(C)c1N2c1c(C)cccc1C)n1nc2ccccc2c1N5c1c(C)cccc1C. The summed E-state index contributed by atoms with van der Waals surface area (Å²) >= 11 is 0. The maximum Gasteiger partial charge on any atom is 0.417 e. The molecule has 0 spiro atoms. The van der Waals surface area contributed by atoms with Gasteiger partial charge in [0.15, 0.2) is 0 Å². The topological polar surface area (TPSA) is 48.6 Å². The molecule has 264 valence electrons. The standard InChI is InChI=1S/C44H42B2N8/c1-23-15-13-16-24(2)39(23)49-35-21-27(5)29(7)41-37(35)45(52-43(49)31(9)32(10)47-52)54-46-38-36(22-28(6)30(8)42(38)51(41)54)50(40-25(3)17-14-18-26(40)4)44-33-19-11-12-20-34(33)48-53(44)46/h11-22H,1-10H3. The van der Waals surface area contributed by atoms with E-state index in [1.165, 1.54) is 95.1 Å². The molecule has 54 heavy (non-hydrogen) atoms. The zero-order valence-electron chi connectivity index (χ0n) is 32.7. The van der Waals surface area contributed by atoms with Crippen molar-refractivity contribution in [2.24, 2.45) is 0 Å². The van der Waals surface area contributed by atoms with Crippen LogP contribution in [-0.2, 0) is 0 Å². The summed E-state index contributed by atoms with van der Waals surface area (Å²) in [6.07, 6.45) is 0. The molecule has 0 amide bonds. The lowest BCUT2D eigenvalue weighted by molar-refractivity contribution is 0.653. The highest BCUT2D eigenvalue weighted by Crippen LogP contribution is 2.55. The molecule has 0 bridgehead atoms. The van der Waals surface area contributed by atoms with Crippen molar-refractivity contribution in [3.05, 3.63) is 129 Å². The van der Waals surface area contributed by atoms with Gasteiger partial charge in [-0.25, -0.2) is 4.83 Å². The van der Waals surface area contributed by atoms with E-state index >= 15 is 0 Å². The number of para-hydroxylation sites is 2. The van der Waals surface area contributed by atoms with Crippen molar-refractivity contribution in [2.75, 3.05) is 14.8 Å². The van der Waals surface area contributed by atoms with Gasteiger partial charge in [-0.2, -0.15) is 10.2 Å². The number of aryl methyl sites for hydroxylation is 7. The molecule has 2 aromatic heterocycles. The lowest BCUT2D eigenvalue weighted by Crippen LogP contribution is -2.64. The summed E-state index contributed by atoms with van der Waals surface area (Å²) in [6.45, 7) is 22.1. The van der Waals surface area contributed by atoms with Crippen LogP contribution in [0.25, 0.3) is 10.9 Å². The van der Waals surface area contributed by atoms with E-state index in [0.717, 1.165) is 28.2 Å². The average molecular weight is 705 g/mol. The van der Waals surface area contributed by atoms with Crippen molar-refractivity contribution < 1.29 is 0 Å². The Morgan fingerprint density at radius 1 is 0.463 bits per heavy atom. The van der Waals surface area contributed by atoms with Crippen LogP contribution in [0.15, 0.2) is 72.8 Å². The normalized spacial score (nSPS) is 15.0. The fraction of sp³-hybridized carbons (Fsp3) is 0.227. The van der Waals surface area contributed by atoms with Gasteiger partial charge in [0.1, 0.15) is 11.6 Å². The Morgan fingerprint density at radius 3 is 1.48 bits per heavy atom. The second-order valence-corrected chi connectivity index (χ2v) is 16.1. The molecular weight excluding hydrogens is 662 g/mol. The van der Waals surface area contributed by atoms with Crippen molar-refractivity contribution in [3.8, 4) is 0 Å². The first-order chi connectivity index (χ1) is 26.0. The van der Waals surface area contributed by atoms with Gasteiger partial charge in [-0.05, 0) is 138 Å². The smallest absolute Gasteiger partial charge is 0.296 e. The summed E-state index contributed by atoms with van der Waals surface area (Å²) in [6, 6.07) is 26.8. The molecule has 0 unspecified atom stereocenters. The summed E-state index contributed by atoms with van der Waals surface area (Å²) in [5, 5.41) is 14.7. The fourth-order valence-electron chi connectivity index (χ4n) is 10.1. The highest BCUT2D eigenvalue weighted by Gasteiger charge is 2.63. The summed E-state index contributed by atoms with van der Waals surface area (Å²) in [5.74, 6) is 2.23. The van der Waals surface area contributed by atoms with Gasteiger partial charge in [0.2, 0.25) is 0 Å². The van der Waals surface area contributed by atoms with Gasteiger partial charge >= 0.3 is 14.0 Å². The lowest BCUT2D eigenvalue weighted by Gasteiger charge is -2.40. The van der Waals surface area contributed by atoms with Crippen molar-refractivity contribution in [2.45, 2.75) is 69.2 Å². The van der Waals surface area contributed by atoms with Gasteiger partial charge in [-0.3, -0.25) is 24.0 Å². The molecule has 10 heteroatoms. The molecule has 6 heterocycles. The molecule has 0 saturated carbocycles. The Morgan fingerprint density at radius 2 is 0.944 bits per heavy atom. The lowest BCUT2D eigenvalue weighted by atomic mass is 9.54. The van der Waals surface area contributed by atoms with Crippen LogP contribution in [0.3, 0.4) is 0 Å². The predicted molar refractivity (Wildman–Crippen MR) is 224 cm³/mol. The zero-order chi connectivity index (χ0) is 37.2. The summed E-state index contributed by atoms with van der Waals surface area (Å²) in [5.41, 5.74) is 23.3. The van der Waals surface area contributed by atoms with Gasteiger partial charge in [0.25, 0.3) is 0 Å². The van der Waals surface area contributed by atoms with Gasteiger partial charge in [-0.15, -0.1) is 0 Å². The van der Waals surface area contributed by atoms with Crippen LogP contribution < -0.4 is 25.7 Å². The Hall–Kier alpha value is -5.73. The predicted octanol–water partition coefficient (Wildman–Crippen LogP) is 8.75. The van der Waals surface area contributed by atoms with E-state index in [4.69, 9.17) is 10.2 Å². The summed E-state index contributed by atoms with van der Waals surface area (Å²) in [4.78, 5) is 7.63. The fourth-order valence-corrected chi connectivity index (χ4v) is 10.1. The average Bonchev–Trinajstić information content (AvgIpc) is 3.86. The van der Waals surface area contributed by atoms with E-state index in [1.807, 2.05) is 0 Å². The number of rotatable bonds is 2. The number of aromatic nitrogens is 4. The number of hydrogen-bond acceptors (Lipinski definition) is 6. The highest BCUT2D eigenvalue weighted by molar-refractivity contribution is 6.91. The minimum atomic E-state index is -0.216. The van der Waals surface area contributed by atoms with Gasteiger partial charge in [0.05, 0.1) is 34.0 Å². The second-order valence-electron chi connectivity index (χ2n) is 16.1. The van der Waals surface area contributed by atoms with E-state index in [2.05, 4.69) is 171 Å². The van der Waals surface area contributed by atoms with Crippen molar-refractivity contribution in [3.63, 3.8) is 0 Å². The quantitative estimate of drug-likeness (QED) is 0.168. The molecule has 8 nitrogen and oxygen atoms in total. The van der Waals surface area contributed by atoms with Crippen LogP contribution in [-0.4, -0.2) is 38.2 Å². The second kappa shape index (κ2) is 10.5. The molecule has 0 radical (unpaired) electrons. The van der Waals surface area contributed by atoms with Crippen LogP contribution in [0.5, 0.6) is 0 Å². The maximum atomic E-state index is 5.53. The Labute approximate surface area is 317 Å². The number of nitrogens with zero attached hydrogens (tertiary/aromatic N) is 8. The molecule has 0 saturated heterocycles. The molecule has 4 aliphatic rings. The minimum absolute atomic E-state index is 0.200. The zero-order valence-corrected chi connectivity index (χ0v) is 32.7. The molecule has 4 aliphatic heterocycles. The van der Waals surface area contributed by atoms with Gasteiger partial charge < -0.3 is 0 Å². The first-order valence-electron chi connectivity index (χ1n) is 19.1. The van der Waals surface area contributed by atoms with E-state index < -0.39 is 0 Å². The molecule has 0 aliphatic carbocycles. The molecule has 11 rings (SSSR count). The largest absolute Gasteiger partial charge is 0.417 e. The maximum absolute atomic E-state index is 5.53. The molecular formula is C44H42B2N8. The van der Waals surface area contributed by atoms with Crippen LogP contribution in [0.4, 0.5) is 45.8 Å². The van der Waals surface area contributed by atoms with E-state index in [0.29, 0.717) is 0 Å². The van der Waals surface area contributed by atoms with Gasteiger partial charge in [0, 0.05) is 33.3 Å². The van der Waals surface area contributed by atoms with Crippen LogP contribution in [0.1, 0.15) is 55.8 Å². The molecule has 5 aromatic carbocycles. The molecule has 0 atom stereocenters. The van der Waals surface area contributed by atoms with Crippen LogP contribution in [0.2, 0.25) is 0 Å². The molecule has 7 aromatic rings. The number of hydrazine groups is 1. The third kappa shape index (κ3) is 3.65. The minimum Gasteiger partial charge on any atom is -0.296 e.